The van der Waals surface area contributed by atoms with Gasteiger partial charge in [0.25, 0.3) is 23.6 Å². The van der Waals surface area contributed by atoms with Crippen LogP contribution in [0.5, 0.6) is 0 Å². The number of carbonyl (C=O) groups is 6. The van der Waals surface area contributed by atoms with Crippen LogP contribution in [-0.4, -0.2) is 155 Å². The predicted molar refractivity (Wildman–Crippen MR) is 242 cm³/mol. The molecular formula is C32H39I5N6O12. The smallest absolute Gasteiger partial charge is 0.255 e. The van der Waals surface area contributed by atoms with Gasteiger partial charge in [-0.05, 0) is 132 Å². The van der Waals surface area contributed by atoms with Crippen LogP contribution in [0.15, 0.2) is 0 Å². The first-order chi connectivity index (χ1) is 25.8. The van der Waals surface area contributed by atoms with Gasteiger partial charge in [0.2, 0.25) is 11.8 Å². The number of anilines is 2. The Bertz CT molecular complexity index is 1690. The second-order valence-electron chi connectivity index (χ2n) is 11.8. The van der Waals surface area contributed by atoms with Crippen LogP contribution in [-0.2, 0) is 9.59 Å². The number of nitrogens with zero attached hydrogens (tertiary/aromatic N) is 2. The molecule has 10 N–H and O–H groups in total. The minimum atomic E-state index is -1.24. The van der Waals surface area contributed by atoms with Crippen molar-refractivity contribution in [3.8, 4) is 0 Å². The number of aliphatic hydroxyl groups excluding tert-OH is 6. The minimum Gasteiger partial charge on any atom is -0.394 e. The van der Waals surface area contributed by atoms with Crippen molar-refractivity contribution in [3.05, 3.63) is 45.7 Å². The molecule has 0 aliphatic heterocycles. The van der Waals surface area contributed by atoms with Gasteiger partial charge in [-0.1, -0.05) is 0 Å². The van der Waals surface area contributed by atoms with E-state index < -0.39 is 74.1 Å². The molecule has 0 saturated heterocycles. The molecule has 0 spiro atoms. The number of hydrogen-bond acceptors (Lipinski definition) is 12. The quantitative estimate of drug-likeness (QED) is 0.0903. The SMILES string of the molecule is Cc1c(NC(=O)CO)c(I)c(C(=O)NCC(O)CO)c(I)c1C(=O)N(C)CCCN(C)C(=O)c1c(I)c(NC(=O)CO)c(I)c(C(=O)NCC(O)CO)c1I. The molecule has 304 valence electrons. The molecule has 6 amide bonds. The van der Waals surface area contributed by atoms with E-state index in [-0.39, 0.29) is 80.5 Å². The number of nitrogens with one attached hydrogen (secondary N) is 4. The molecule has 0 heterocycles. The first-order valence-corrected chi connectivity index (χ1v) is 21.4. The lowest BCUT2D eigenvalue weighted by atomic mass is 10.0. The van der Waals surface area contributed by atoms with Crippen molar-refractivity contribution in [2.45, 2.75) is 25.6 Å². The highest BCUT2D eigenvalue weighted by Crippen LogP contribution is 2.37. The van der Waals surface area contributed by atoms with Crippen molar-refractivity contribution in [2.75, 3.05) is 77.3 Å². The summed E-state index contributed by atoms with van der Waals surface area (Å²) in [5.41, 5.74) is 0.789. The Morgan fingerprint density at radius 2 is 0.945 bits per heavy atom. The fraction of sp³-hybridized carbons (Fsp3) is 0.438. The molecular weight excluding hydrogens is 1290 g/mol. The van der Waals surface area contributed by atoms with E-state index in [4.69, 9.17) is 10.2 Å². The fourth-order valence-corrected chi connectivity index (χ4v) is 11.9. The van der Waals surface area contributed by atoms with Gasteiger partial charge in [0.1, 0.15) is 13.2 Å². The maximum atomic E-state index is 14.0. The van der Waals surface area contributed by atoms with E-state index in [9.17, 15) is 49.2 Å². The molecule has 0 bridgehead atoms. The second kappa shape index (κ2) is 23.3. The highest BCUT2D eigenvalue weighted by Gasteiger charge is 2.32. The zero-order valence-corrected chi connectivity index (χ0v) is 40.2. The number of aliphatic hydroxyl groups is 6. The lowest BCUT2D eigenvalue weighted by molar-refractivity contribution is -0.119. The van der Waals surface area contributed by atoms with Gasteiger partial charge in [-0.2, -0.15) is 0 Å². The molecule has 2 aromatic rings. The molecule has 0 saturated carbocycles. The fourth-order valence-electron chi connectivity index (χ4n) is 4.78. The first-order valence-electron chi connectivity index (χ1n) is 16.0. The number of hydrogen-bond donors (Lipinski definition) is 10. The third-order valence-corrected chi connectivity index (χ3v) is 13.1. The van der Waals surface area contributed by atoms with Crippen LogP contribution in [0.4, 0.5) is 11.4 Å². The summed E-state index contributed by atoms with van der Waals surface area (Å²) in [7, 11) is 3.03. The standard InChI is InChI=1S/C32H39I5N6O12/c1-13-18(22(33)19(29(52)38-7-14(48)9-44)24(35)27(13)40-16(50)11-46)31(54)42(2)5-4-6-43(3)32(55)21-23(34)20(30(53)39-8-15(49)10-45)25(36)28(26(21)37)41-17(51)12-47/h14-15,44-49H,4-12H2,1-3H3,(H,38,52)(H,39,53)(H,40,50)(H,41,51). The number of amides is 6. The molecule has 0 aromatic heterocycles. The maximum absolute atomic E-state index is 14.0. The molecule has 0 fully saturated rings. The monoisotopic (exact) mass is 1330 g/mol. The van der Waals surface area contributed by atoms with Gasteiger partial charge < -0.3 is 61.7 Å². The van der Waals surface area contributed by atoms with Gasteiger partial charge in [-0.15, -0.1) is 0 Å². The van der Waals surface area contributed by atoms with Crippen LogP contribution in [0.2, 0.25) is 0 Å². The molecule has 55 heavy (non-hydrogen) atoms. The van der Waals surface area contributed by atoms with Gasteiger partial charge in [0.15, 0.2) is 0 Å². The van der Waals surface area contributed by atoms with E-state index in [0.717, 1.165) is 0 Å². The topological polar surface area (TPSA) is 278 Å². The molecule has 0 aliphatic carbocycles. The normalized spacial score (nSPS) is 12.0. The summed E-state index contributed by atoms with van der Waals surface area (Å²) in [6, 6.07) is 0. The van der Waals surface area contributed by atoms with Crippen molar-refractivity contribution in [2.24, 2.45) is 0 Å². The molecule has 18 nitrogen and oxygen atoms in total. The Morgan fingerprint density at radius 1 is 0.582 bits per heavy atom. The minimum absolute atomic E-state index is 0.0248. The summed E-state index contributed by atoms with van der Waals surface area (Å²) in [5, 5.41) is 66.7. The van der Waals surface area contributed by atoms with Crippen molar-refractivity contribution in [1.29, 1.82) is 0 Å². The number of benzene rings is 2. The van der Waals surface area contributed by atoms with Crippen molar-refractivity contribution in [1.82, 2.24) is 20.4 Å². The van der Waals surface area contributed by atoms with Crippen LogP contribution in [0.1, 0.15) is 53.4 Å². The summed E-state index contributed by atoms with van der Waals surface area (Å²) in [5.74, 6) is -3.98. The number of halogens is 5. The Hall–Kier alpha value is -1.33. The lowest BCUT2D eigenvalue weighted by Crippen LogP contribution is -2.37. The Kier molecular flexibility index (Phi) is 21.1. The van der Waals surface area contributed by atoms with Gasteiger partial charge in [-0.3, -0.25) is 28.8 Å². The van der Waals surface area contributed by atoms with E-state index in [2.05, 4.69) is 21.3 Å². The number of carbonyl (C=O) groups excluding carboxylic acids is 6. The summed E-state index contributed by atoms with van der Waals surface area (Å²) < 4.78 is 1.33. The van der Waals surface area contributed by atoms with Crippen LogP contribution in [0, 0.1) is 24.8 Å². The predicted octanol–water partition coefficient (Wildman–Crippen LogP) is 0.280. The summed E-state index contributed by atoms with van der Waals surface area (Å²) in [6.45, 7) is -1.69. The van der Waals surface area contributed by atoms with Crippen molar-refractivity contribution in [3.63, 3.8) is 0 Å². The van der Waals surface area contributed by atoms with Crippen LogP contribution in [0.3, 0.4) is 0 Å². The Balaban J connectivity index is 2.44. The molecule has 2 aromatic carbocycles. The Labute approximate surface area is 384 Å². The summed E-state index contributed by atoms with van der Waals surface area (Å²) in [4.78, 5) is 81.6. The van der Waals surface area contributed by atoms with E-state index in [1.54, 1.807) is 6.92 Å². The molecule has 0 radical (unpaired) electrons. The molecule has 2 unspecified atom stereocenters. The molecule has 23 heteroatoms. The van der Waals surface area contributed by atoms with E-state index >= 15 is 0 Å². The van der Waals surface area contributed by atoms with E-state index in [1.807, 2.05) is 113 Å². The van der Waals surface area contributed by atoms with Gasteiger partial charge >= 0.3 is 0 Å². The lowest BCUT2D eigenvalue weighted by Gasteiger charge is -2.25. The van der Waals surface area contributed by atoms with Crippen LogP contribution >= 0.6 is 113 Å². The summed E-state index contributed by atoms with van der Waals surface area (Å²) >= 11 is 9.23. The molecule has 2 rings (SSSR count). The van der Waals surface area contributed by atoms with Crippen molar-refractivity contribution < 1.29 is 59.4 Å². The van der Waals surface area contributed by atoms with Crippen LogP contribution in [0.25, 0.3) is 0 Å². The molecule has 0 aliphatic rings. The van der Waals surface area contributed by atoms with Gasteiger partial charge in [-0.25, -0.2) is 0 Å². The van der Waals surface area contributed by atoms with Crippen molar-refractivity contribution >= 4 is 160 Å². The highest BCUT2D eigenvalue weighted by atomic mass is 127. The zero-order valence-electron chi connectivity index (χ0n) is 29.4. The largest absolute Gasteiger partial charge is 0.394 e. The molecule has 2 atom stereocenters. The third-order valence-electron chi connectivity index (χ3n) is 7.74. The first kappa shape index (κ1) is 49.8. The zero-order chi connectivity index (χ0) is 41.9. The second-order valence-corrected chi connectivity index (χ2v) is 17.2. The van der Waals surface area contributed by atoms with E-state index in [1.165, 1.54) is 23.9 Å². The maximum Gasteiger partial charge on any atom is 0.255 e. The average Bonchev–Trinajstić information content (AvgIpc) is 3.15. The van der Waals surface area contributed by atoms with Gasteiger partial charge in [0, 0.05) is 47.4 Å². The van der Waals surface area contributed by atoms with Gasteiger partial charge in [0.05, 0.1) is 69.8 Å². The van der Waals surface area contributed by atoms with E-state index in [0.29, 0.717) is 9.13 Å². The van der Waals surface area contributed by atoms with Crippen LogP contribution < -0.4 is 21.3 Å². The highest BCUT2D eigenvalue weighted by molar-refractivity contribution is 14.1. The summed E-state index contributed by atoms with van der Waals surface area (Å²) in [6.07, 6.45) is -2.22. The average molecular weight is 1330 g/mol. The number of rotatable bonds is 18. The third kappa shape index (κ3) is 12.8. The Morgan fingerprint density at radius 3 is 1.36 bits per heavy atom.